The number of nitrogens with one attached hydrogen (secondary N) is 1. The summed E-state index contributed by atoms with van der Waals surface area (Å²) in [5.41, 5.74) is 6.98. The van der Waals surface area contributed by atoms with Crippen molar-refractivity contribution in [1.29, 1.82) is 0 Å². The lowest BCUT2D eigenvalue weighted by Gasteiger charge is -2.18. The molecule has 3 N–H and O–H groups in total. The number of hydrogen-bond acceptors (Lipinski definition) is 2. The highest BCUT2D eigenvalue weighted by Gasteiger charge is 2.15. The lowest BCUT2D eigenvalue weighted by Crippen LogP contribution is -2.35. The monoisotopic (exact) mass is 234 g/mol. The molecule has 17 heavy (non-hydrogen) atoms. The SMILES string of the molecule is CC(C)C(N)CC(=O)N[C@@H](C)c1ccccc1. The van der Waals surface area contributed by atoms with E-state index < -0.39 is 0 Å². The molecule has 1 aromatic carbocycles. The van der Waals surface area contributed by atoms with Crippen LogP contribution in [0.5, 0.6) is 0 Å². The van der Waals surface area contributed by atoms with Gasteiger partial charge in [-0.2, -0.15) is 0 Å². The fourth-order valence-corrected chi connectivity index (χ4v) is 1.58. The standard InChI is InChI=1S/C14H22N2O/c1-10(2)13(15)9-14(17)16-11(3)12-7-5-4-6-8-12/h4-8,10-11,13H,9,15H2,1-3H3,(H,16,17)/t11-,13?/m0/s1. The van der Waals surface area contributed by atoms with E-state index in [1.54, 1.807) is 0 Å². The second-order valence-electron chi connectivity index (χ2n) is 4.81. The van der Waals surface area contributed by atoms with E-state index >= 15 is 0 Å². The van der Waals surface area contributed by atoms with E-state index in [0.717, 1.165) is 5.56 Å². The van der Waals surface area contributed by atoms with Gasteiger partial charge in [0, 0.05) is 12.5 Å². The van der Waals surface area contributed by atoms with Gasteiger partial charge >= 0.3 is 0 Å². The molecule has 0 spiro atoms. The van der Waals surface area contributed by atoms with Crippen LogP contribution in [0.25, 0.3) is 0 Å². The number of hydrogen-bond donors (Lipinski definition) is 2. The second kappa shape index (κ2) is 6.40. The largest absolute Gasteiger partial charge is 0.350 e. The number of amides is 1. The van der Waals surface area contributed by atoms with Gasteiger partial charge in [-0.15, -0.1) is 0 Å². The third kappa shape index (κ3) is 4.57. The number of nitrogens with two attached hydrogens (primary N) is 1. The third-order valence-corrected chi connectivity index (χ3v) is 2.95. The normalized spacial score (nSPS) is 14.4. The van der Waals surface area contributed by atoms with E-state index in [-0.39, 0.29) is 18.0 Å². The average molecular weight is 234 g/mol. The molecular weight excluding hydrogens is 212 g/mol. The molecule has 1 rings (SSSR count). The van der Waals surface area contributed by atoms with Crippen LogP contribution in [0, 0.1) is 5.92 Å². The Morgan fingerprint density at radius 2 is 1.82 bits per heavy atom. The summed E-state index contributed by atoms with van der Waals surface area (Å²) in [5, 5.41) is 2.96. The quantitative estimate of drug-likeness (QED) is 0.821. The molecule has 0 radical (unpaired) electrons. The molecule has 0 bridgehead atoms. The Kier molecular flexibility index (Phi) is 5.16. The van der Waals surface area contributed by atoms with Gasteiger partial charge in [-0.3, -0.25) is 4.79 Å². The second-order valence-corrected chi connectivity index (χ2v) is 4.81. The van der Waals surface area contributed by atoms with Gasteiger partial charge in [0.2, 0.25) is 5.91 Å². The van der Waals surface area contributed by atoms with Gasteiger partial charge < -0.3 is 11.1 Å². The summed E-state index contributed by atoms with van der Waals surface area (Å²) in [6.07, 6.45) is 0.384. The fraction of sp³-hybridized carbons (Fsp3) is 0.500. The predicted octanol–water partition coefficient (Wildman–Crippen LogP) is 2.24. The Hall–Kier alpha value is -1.35. The number of carbonyl (C=O) groups is 1. The molecule has 2 atom stereocenters. The molecule has 0 saturated heterocycles. The van der Waals surface area contributed by atoms with E-state index in [1.165, 1.54) is 0 Å². The highest BCUT2D eigenvalue weighted by molar-refractivity contribution is 5.77. The molecule has 0 aliphatic rings. The van der Waals surface area contributed by atoms with Crippen LogP contribution in [0.1, 0.15) is 38.8 Å². The van der Waals surface area contributed by atoms with Crippen LogP contribution in [0.4, 0.5) is 0 Å². The minimum Gasteiger partial charge on any atom is -0.350 e. The summed E-state index contributed by atoms with van der Waals surface area (Å²) < 4.78 is 0. The molecule has 0 aliphatic carbocycles. The Morgan fingerprint density at radius 3 is 2.35 bits per heavy atom. The maximum atomic E-state index is 11.8. The molecule has 1 unspecified atom stereocenters. The van der Waals surface area contributed by atoms with Gasteiger partial charge in [-0.05, 0) is 18.4 Å². The van der Waals surface area contributed by atoms with Gasteiger partial charge in [-0.1, -0.05) is 44.2 Å². The zero-order valence-electron chi connectivity index (χ0n) is 10.8. The average Bonchev–Trinajstić information content (AvgIpc) is 2.29. The Balaban J connectivity index is 2.47. The molecule has 3 heteroatoms. The lowest BCUT2D eigenvalue weighted by molar-refractivity contribution is -0.122. The number of benzene rings is 1. The molecule has 1 amide bonds. The van der Waals surface area contributed by atoms with Gasteiger partial charge in [0.15, 0.2) is 0 Å². The zero-order valence-corrected chi connectivity index (χ0v) is 10.8. The first-order valence-corrected chi connectivity index (χ1v) is 6.10. The zero-order chi connectivity index (χ0) is 12.8. The van der Waals surface area contributed by atoms with E-state index in [1.807, 2.05) is 51.1 Å². The Morgan fingerprint density at radius 1 is 1.24 bits per heavy atom. The topological polar surface area (TPSA) is 55.1 Å². The van der Waals surface area contributed by atoms with Crippen LogP contribution in [0.2, 0.25) is 0 Å². The van der Waals surface area contributed by atoms with Crippen molar-refractivity contribution in [2.24, 2.45) is 11.7 Å². The summed E-state index contributed by atoms with van der Waals surface area (Å²) in [6.45, 7) is 6.03. The molecule has 0 heterocycles. The van der Waals surface area contributed by atoms with Crippen molar-refractivity contribution in [3.63, 3.8) is 0 Å². The van der Waals surface area contributed by atoms with E-state index in [4.69, 9.17) is 5.73 Å². The van der Waals surface area contributed by atoms with Crippen LogP contribution >= 0.6 is 0 Å². The fourth-order valence-electron chi connectivity index (χ4n) is 1.58. The summed E-state index contributed by atoms with van der Waals surface area (Å²) in [4.78, 5) is 11.8. The third-order valence-electron chi connectivity index (χ3n) is 2.95. The van der Waals surface area contributed by atoms with Crippen molar-refractivity contribution in [2.75, 3.05) is 0 Å². The molecule has 0 saturated carbocycles. The summed E-state index contributed by atoms with van der Waals surface area (Å²) >= 11 is 0. The van der Waals surface area contributed by atoms with Gasteiger partial charge in [0.1, 0.15) is 0 Å². The van der Waals surface area contributed by atoms with Crippen LogP contribution < -0.4 is 11.1 Å². The highest BCUT2D eigenvalue weighted by Crippen LogP contribution is 2.12. The number of rotatable bonds is 5. The van der Waals surface area contributed by atoms with Crippen molar-refractivity contribution in [2.45, 2.75) is 39.3 Å². The predicted molar refractivity (Wildman–Crippen MR) is 70.4 cm³/mol. The van der Waals surface area contributed by atoms with Crippen molar-refractivity contribution in [3.05, 3.63) is 35.9 Å². The first-order chi connectivity index (χ1) is 8.00. The maximum Gasteiger partial charge on any atom is 0.222 e. The van der Waals surface area contributed by atoms with Crippen molar-refractivity contribution >= 4 is 5.91 Å². The first kappa shape index (κ1) is 13.7. The van der Waals surface area contributed by atoms with Crippen LogP contribution in [-0.2, 0) is 4.79 Å². The lowest BCUT2D eigenvalue weighted by atomic mass is 10.0. The Labute approximate surface area is 103 Å². The maximum absolute atomic E-state index is 11.8. The Bertz CT molecular complexity index is 348. The van der Waals surface area contributed by atoms with Crippen LogP contribution in [0.3, 0.4) is 0 Å². The molecule has 0 aromatic heterocycles. The van der Waals surface area contributed by atoms with E-state index in [9.17, 15) is 4.79 Å². The van der Waals surface area contributed by atoms with Crippen molar-refractivity contribution in [3.8, 4) is 0 Å². The summed E-state index contributed by atoms with van der Waals surface area (Å²) in [6, 6.07) is 9.88. The van der Waals surface area contributed by atoms with Gasteiger partial charge in [0.25, 0.3) is 0 Å². The van der Waals surface area contributed by atoms with Crippen molar-refractivity contribution < 1.29 is 4.79 Å². The number of carbonyl (C=O) groups excluding carboxylic acids is 1. The molecule has 94 valence electrons. The first-order valence-electron chi connectivity index (χ1n) is 6.10. The van der Waals surface area contributed by atoms with Gasteiger partial charge in [0.05, 0.1) is 6.04 Å². The summed E-state index contributed by atoms with van der Waals surface area (Å²) in [7, 11) is 0. The van der Waals surface area contributed by atoms with E-state index in [0.29, 0.717) is 12.3 Å². The van der Waals surface area contributed by atoms with Crippen molar-refractivity contribution in [1.82, 2.24) is 5.32 Å². The van der Waals surface area contributed by atoms with Gasteiger partial charge in [-0.25, -0.2) is 0 Å². The van der Waals surface area contributed by atoms with E-state index in [2.05, 4.69) is 5.32 Å². The smallest absolute Gasteiger partial charge is 0.222 e. The van der Waals surface area contributed by atoms with Crippen LogP contribution in [-0.4, -0.2) is 11.9 Å². The molecule has 3 nitrogen and oxygen atoms in total. The minimum absolute atomic E-state index is 0.0163. The molecule has 0 fully saturated rings. The molecule has 0 aliphatic heterocycles. The molecular formula is C14H22N2O. The highest BCUT2D eigenvalue weighted by atomic mass is 16.1. The minimum atomic E-state index is -0.0713. The van der Waals surface area contributed by atoms with Crippen LogP contribution in [0.15, 0.2) is 30.3 Å². The molecule has 1 aromatic rings. The summed E-state index contributed by atoms with van der Waals surface area (Å²) in [5.74, 6) is 0.343.